The third-order valence-electron chi connectivity index (χ3n) is 4.13. The SMILES string of the molecule is CC(C)CC(NC(=O)C1CCCC1N)c1ccccc1. The molecule has 1 fully saturated rings. The van der Waals surface area contributed by atoms with Gasteiger partial charge in [-0.05, 0) is 30.7 Å². The van der Waals surface area contributed by atoms with Gasteiger partial charge in [-0.1, -0.05) is 50.6 Å². The highest BCUT2D eigenvalue weighted by Gasteiger charge is 2.31. The molecule has 0 aromatic heterocycles. The van der Waals surface area contributed by atoms with Crippen LogP contribution in [0.1, 0.15) is 51.1 Å². The Bertz CT molecular complexity index is 430. The largest absolute Gasteiger partial charge is 0.349 e. The Kier molecular flexibility index (Phi) is 5.18. The maximum atomic E-state index is 12.4. The molecule has 3 heteroatoms. The fourth-order valence-electron chi connectivity index (χ4n) is 3.03. The monoisotopic (exact) mass is 274 g/mol. The van der Waals surface area contributed by atoms with E-state index in [2.05, 4.69) is 31.3 Å². The van der Waals surface area contributed by atoms with Crippen LogP contribution in [0, 0.1) is 11.8 Å². The van der Waals surface area contributed by atoms with Gasteiger partial charge in [0.15, 0.2) is 0 Å². The number of rotatable bonds is 5. The van der Waals surface area contributed by atoms with Crippen molar-refractivity contribution in [2.45, 2.75) is 51.6 Å². The highest BCUT2D eigenvalue weighted by atomic mass is 16.2. The number of nitrogens with two attached hydrogens (primary N) is 1. The van der Waals surface area contributed by atoms with Crippen molar-refractivity contribution < 1.29 is 4.79 Å². The van der Waals surface area contributed by atoms with Crippen LogP contribution < -0.4 is 11.1 Å². The smallest absolute Gasteiger partial charge is 0.225 e. The number of benzene rings is 1. The molecule has 110 valence electrons. The van der Waals surface area contributed by atoms with Gasteiger partial charge in [0.1, 0.15) is 0 Å². The van der Waals surface area contributed by atoms with E-state index in [9.17, 15) is 4.79 Å². The minimum absolute atomic E-state index is 0.00613. The van der Waals surface area contributed by atoms with Gasteiger partial charge < -0.3 is 11.1 Å². The maximum Gasteiger partial charge on any atom is 0.225 e. The maximum absolute atomic E-state index is 12.4. The second-order valence-corrected chi connectivity index (χ2v) is 6.30. The van der Waals surface area contributed by atoms with Crippen LogP contribution in [0.3, 0.4) is 0 Å². The van der Waals surface area contributed by atoms with Crippen molar-refractivity contribution >= 4 is 5.91 Å². The van der Waals surface area contributed by atoms with Crippen LogP contribution in [0.5, 0.6) is 0 Å². The Hall–Kier alpha value is -1.35. The first kappa shape index (κ1) is 15.0. The van der Waals surface area contributed by atoms with Crippen molar-refractivity contribution in [2.75, 3.05) is 0 Å². The molecule has 20 heavy (non-hydrogen) atoms. The van der Waals surface area contributed by atoms with E-state index in [-0.39, 0.29) is 23.9 Å². The Morgan fingerprint density at radius 3 is 2.55 bits per heavy atom. The predicted octanol–water partition coefficient (Wildman–Crippen LogP) is 3.02. The zero-order valence-corrected chi connectivity index (χ0v) is 12.5. The van der Waals surface area contributed by atoms with E-state index in [1.54, 1.807) is 0 Å². The van der Waals surface area contributed by atoms with Gasteiger partial charge in [0.25, 0.3) is 0 Å². The van der Waals surface area contributed by atoms with E-state index in [1.165, 1.54) is 5.56 Å². The second kappa shape index (κ2) is 6.89. The van der Waals surface area contributed by atoms with E-state index in [1.807, 2.05) is 18.2 Å². The number of nitrogens with one attached hydrogen (secondary N) is 1. The third-order valence-corrected chi connectivity index (χ3v) is 4.13. The normalized spacial score (nSPS) is 23.8. The lowest BCUT2D eigenvalue weighted by Crippen LogP contribution is -2.40. The fraction of sp³-hybridized carbons (Fsp3) is 0.588. The number of hydrogen-bond donors (Lipinski definition) is 2. The lowest BCUT2D eigenvalue weighted by atomic mass is 9.95. The Morgan fingerprint density at radius 2 is 2.00 bits per heavy atom. The van der Waals surface area contributed by atoms with Crippen molar-refractivity contribution in [3.63, 3.8) is 0 Å². The molecule has 1 aromatic rings. The topological polar surface area (TPSA) is 55.1 Å². The number of carbonyl (C=O) groups is 1. The summed E-state index contributed by atoms with van der Waals surface area (Å²) in [6.45, 7) is 4.37. The molecule has 0 radical (unpaired) electrons. The molecular formula is C17H26N2O. The van der Waals surface area contributed by atoms with Crippen molar-refractivity contribution in [3.8, 4) is 0 Å². The predicted molar refractivity (Wildman–Crippen MR) is 82.1 cm³/mol. The van der Waals surface area contributed by atoms with Gasteiger partial charge in [-0.25, -0.2) is 0 Å². The van der Waals surface area contributed by atoms with Crippen molar-refractivity contribution in [1.82, 2.24) is 5.32 Å². The summed E-state index contributed by atoms with van der Waals surface area (Å²) in [5, 5.41) is 3.22. The molecule has 1 saturated carbocycles. The average molecular weight is 274 g/mol. The zero-order chi connectivity index (χ0) is 14.5. The summed E-state index contributed by atoms with van der Waals surface area (Å²) >= 11 is 0. The molecule has 1 aliphatic carbocycles. The van der Waals surface area contributed by atoms with Crippen LogP contribution in [0.25, 0.3) is 0 Å². The summed E-state index contributed by atoms with van der Waals surface area (Å²) in [5.74, 6) is 0.663. The van der Waals surface area contributed by atoms with Crippen LogP contribution in [-0.2, 0) is 4.79 Å². The Morgan fingerprint density at radius 1 is 1.30 bits per heavy atom. The summed E-state index contributed by atoms with van der Waals surface area (Å²) in [4.78, 5) is 12.4. The molecule has 1 amide bonds. The zero-order valence-electron chi connectivity index (χ0n) is 12.5. The van der Waals surface area contributed by atoms with E-state index in [4.69, 9.17) is 5.73 Å². The minimum atomic E-state index is -0.00613. The summed E-state index contributed by atoms with van der Waals surface area (Å²) in [6, 6.07) is 10.3. The molecule has 3 unspecified atom stereocenters. The summed E-state index contributed by atoms with van der Waals surface area (Å²) in [6.07, 6.45) is 3.92. The van der Waals surface area contributed by atoms with E-state index >= 15 is 0 Å². The quantitative estimate of drug-likeness (QED) is 0.867. The van der Waals surface area contributed by atoms with Crippen molar-refractivity contribution in [1.29, 1.82) is 0 Å². The van der Waals surface area contributed by atoms with Gasteiger partial charge in [0.2, 0.25) is 5.91 Å². The fourth-order valence-corrected chi connectivity index (χ4v) is 3.03. The second-order valence-electron chi connectivity index (χ2n) is 6.30. The standard InChI is InChI=1S/C17H26N2O/c1-12(2)11-16(13-7-4-3-5-8-13)19-17(20)14-9-6-10-15(14)18/h3-5,7-8,12,14-16H,6,9-11,18H2,1-2H3,(H,19,20). The average Bonchev–Trinajstić information content (AvgIpc) is 2.85. The number of amides is 1. The van der Waals surface area contributed by atoms with Gasteiger partial charge in [-0.15, -0.1) is 0 Å². The van der Waals surface area contributed by atoms with Gasteiger partial charge >= 0.3 is 0 Å². The van der Waals surface area contributed by atoms with Crippen molar-refractivity contribution in [3.05, 3.63) is 35.9 Å². The van der Waals surface area contributed by atoms with Crippen LogP contribution in [0.15, 0.2) is 30.3 Å². The molecule has 0 spiro atoms. The van der Waals surface area contributed by atoms with Gasteiger partial charge in [-0.2, -0.15) is 0 Å². The Labute approximate surface area is 121 Å². The lowest BCUT2D eigenvalue weighted by molar-refractivity contribution is -0.126. The van der Waals surface area contributed by atoms with Crippen LogP contribution in [-0.4, -0.2) is 11.9 Å². The molecule has 3 atom stereocenters. The van der Waals surface area contributed by atoms with Crippen LogP contribution in [0.4, 0.5) is 0 Å². The first-order chi connectivity index (χ1) is 9.58. The highest BCUT2D eigenvalue weighted by Crippen LogP contribution is 2.27. The van der Waals surface area contributed by atoms with Gasteiger partial charge in [0, 0.05) is 6.04 Å². The van der Waals surface area contributed by atoms with Gasteiger partial charge in [0.05, 0.1) is 12.0 Å². The van der Waals surface area contributed by atoms with E-state index in [0.29, 0.717) is 5.92 Å². The first-order valence-corrected chi connectivity index (χ1v) is 7.69. The number of hydrogen-bond acceptors (Lipinski definition) is 2. The minimum Gasteiger partial charge on any atom is -0.349 e. The summed E-state index contributed by atoms with van der Waals surface area (Å²) in [7, 11) is 0. The summed E-state index contributed by atoms with van der Waals surface area (Å²) < 4.78 is 0. The lowest BCUT2D eigenvalue weighted by Gasteiger charge is -2.24. The number of carbonyl (C=O) groups excluding carboxylic acids is 1. The Balaban J connectivity index is 2.06. The van der Waals surface area contributed by atoms with E-state index in [0.717, 1.165) is 25.7 Å². The molecule has 0 bridgehead atoms. The molecule has 2 rings (SSSR count). The molecule has 0 saturated heterocycles. The molecular weight excluding hydrogens is 248 g/mol. The summed E-state index contributed by atoms with van der Waals surface area (Å²) in [5.41, 5.74) is 7.22. The molecule has 0 heterocycles. The van der Waals surface area contributed by atoms with Gasteiger partial charge in [-0.3, -0.25) is 4.79 Å². The van der Waals surface area contributed by atoms with Crippen molar-refractivity contribution in [2.24, 2.45) is 17.6 Å². The molecule has 1 aromatic carbocycles. The van der Waals surface area contributed by atoms with Crippen LogP contribution in [0.2, 0.25) is 0 Å². The molecule has 3 nitrogen and oxygen atoms in total. The molecule has 1 aliphatic rings. The molecule has 0 aliphatic heterocycles. The van der Waals surface area contributed by atoms with E-state index < -0.39 is 0 Å². The molecule has 3 N–H and O–H groups in total. The highest BCUT2D eigenvalue weighted by molar-refractivity contribution is 5.80. The van der Waals surface area contributed by atoms with Crippen LogP contribution >= 0.6 is 0 Å². The third kappa shape index (κ3) is 3.83. The first-order valence-electron chi connectivity index (χ1n) is 7.69.